The van der Waals surface area contributed by atoms with E-state index in [0.717, 1.165) is 5.57 Å². The molecule has 5 heteroatoms. The van der Waals surface area contributed by atoms with Gasteiger partial charge >= 0.3 is 5.97 Å². The van der Waals surface area contributed by atoms with Gasteiger partial charge in [0.25, 0.3) is 0 Å². The maximum absolute atomic E-state index is 11.9. The smallest absolute Gasteiger partial charge is 0.306 e. The molecule has 22 heavy (non-hydrogen) atoms. The number of allylic oxidation sites excluding steroid dienone is 1. The molecule has 1 aliphatic heterocycles. The van der Waals surface area contributed by atoms with Crippen molar-refractivity contribution in [1.29, 1.82) is 0 Å². The van der Waals surface area contributed by atoms with Crippen molar-refractivity contribution in [2.75, 3.05) is 6.61 Å². The highest BCUT2D eigenvalue weighted by atomic mass is 16.6. The van der Waals surface area contributed by atoms with E-state index in [9.17, 15) is 14.7 Å². The minimum atomic E-state index is -0.619. The maximum Gasteiger partial charge on any atom is 0.306 e. The van der Waals surface area contributed by atoms with Crippen molar-refractivity contribution in [3.8, 4) is 5.75 Å². The predicted octanol–water partition coefficient (Wildman–Crippen LogP) is 1.65. The standard InChI is InChI=1S/C17H18O5/c18-11(10-21-12-4-2-1-3-5-12)6-7-13-14-8-17(20)22-16(14)9-15(13)19/h1-5,7,14-16,19H,6,8-10H2/t14-,15-,16+/m1/s1. The molecule has 0 aromatic heterocycles. The summed E-state index contributed by atoms with van der Waals surface area (Å²) in [6, 6.07) is 9.14. The van der Waals surface area contributed by atoms with E-state index < -0.39 is 6.10 Å². The zero-order chi connectivity index (χ0) is 15.5. The van der Waals surface area contributed by atoms with Crippen molar-refractivity contribution < 1.29 is 24.2 Å². The van der Waals surface area contributed by atoms with E-state index in [4.69, 9.17) is 9.47 Å². The van der Waals surface area contributed by atoms with Crippen LogP contribution in [0.4, 0.5) is 0 Å². The van der Waals surface area contributed by atoms with Gasteiger partial charge in [0.2, 0.25) is 0 Å². The highest BCUT2D eigenvalue weighted by Crippen LogP contribution is 2.41. The van der Waals surface area contributed by atoms with Crippen LogP contribution in [0.1, 0.15) is 19.3 Å². The number of ketones is 1. The topological polar surface area (TPSA) is 72.8 Å². The summed E-state index contributed by atoms with van der Waals surface area (Å²) in [7, 11) is 0. The molecule has 1 N–H and O–H groups in total. The minimum absolute atomic E-state index is 0.00653. The number of hydrogen-bond donors (Lipinski definition) is 1. The van der Waals surface area contributed by atoms with Gasteiger partial charge in [-0.25, -0.2) is 0 Å². The number of carbonyl (C=O) groups is 2. The van der Waals surface area contributed by atoms with Crippen LogP contribution >= 0.6 is 0 Å². The Morgan fingerprint density at radius 3 is 2.91 bits per heavy atom. The lowest BCUT2D eigenvalue weighted by molar-refractivity contribution is -0.141. The number of aliphatic hydroxyl groups is 1. The first-order valence-electron chi connectivity index (χ1n) is 7.40. The fraction of sp³-hybridized carbons (Fsp3) is 0.412. The van der Waals surface area contributed by atoms with Crippen molar-refractivity contribution in [2.24, 2.45) is 5.92 Å². The van der Waals surface area contributed by atoms with Gasteiger partial charge in [-0.15, -0.1) is 0 Å². The average Bonchev–Trinajstić information content (AvgIpc) is 2.99. The van der Waals surface area contributed by atoms with Crippen LogP contribution in [0.2, 0.25) is 0 Å². The molecule has 1 aromatic carbocycles. The number of rotatable bonds is 5. The van der Waals surface area contributed by atoms with E-state index in [0.29, 0.717) is 18.6 Å². The monoisotopic (exact) mass is 302 g/mol. The van der Waals surface area contributed by atoms with Crippen LogP contribution in [0.5, 0.6) is 5.75 Å². The predicted molar refractivity (Wildman–Crippen MR) is 78.3 cm³/mol. The fourth-order valence-corrected chi connectivity index (χ4v) is 3.02. The molecule has 0 spiro atoms. The van der Waals surface area contributed by atoms with Gasteiger partial charge in [0.15, 0.2) is 5.78 Å². The molecule has 1 saturated heterocycles. The summed E-state index contributed by atoms with van der Waals surface area (Å²) < 4.78 is 10.5. The summed E-state index contributed by atoms with van der Waals surface area (Å²) in [4.78, 5) is 23.2. The third kappa shape index (κ3) is 3.20. The molecule has 5 nitrogen and oxygen atoms in total. The molecule has 1 aromatic rings. The van der Waals surface area contributed by atoms with Crippen LogP contribution in [0.3, 0.4) is 0 Å². The Hall–Kier alpha value is -2.14. The number of benzene rings is 1. The first-order chi connectivity index (χ1) is 10.6. The Labute approximate surface area is 128 Å². The lowest BCUT2D eigenvalue weighted by Crippen LogP contribution is -2.12. The van der Waals surface area contributed by atoms with Crippen LogP contribution in [0.15, 0.2) is 42.0 Å². The molecule has 3 rings (SSSR count). The number of hydrogen-bond acceptors (Lipinski definition) is 5. The zero-order valence-electron chi connectivity index (χ0n) is 12.1. The second kappa shape index (κ2) is 6.32. The van der Waals surface area contributed by atoms with Crippen molar-refractivity contribution in [3.05, 3.63) is 42.0 Å². The molecular weight excluding hydrogens is 284 g/mol. The number of ether oxygens (including phenoxy) is 2. The number of Topliss-reactive ketones (excluding diaryl/α,β-unsaturated/α-hetero) is 1. The van der Waals surface area contributed by atoms with E-state index >= 15 is 0 Å². The molecule has 0 unspecified atom stereocenters. The molecule has 1 saturated carbocycles. The average molecular weight is 302 g/mol. The summed E-state index contributed by atoms with van der Waals surface area (Å²) in [5, 5.41) is 10.00. The van der Waals surface area contributed by atoms with Crippen LogP contribution in [-0.4, -0.2) is 35.7 Å². The van der Waals surface area contributed by atoms with Gasteiger partial charge in [-0.2, -0.15) is 0 Å². The van der Waals surface area contributed by atoms with Gasteiger partial charge in [0, 0.05) is 18.8 Å². The number of carbonyl (C=O) groups excluding carboxylic acids is 2. The normalized spacial score (nSPS) is 28.5. The number of esters is 1. The SMILES string of the molecule is O=C(CC=C1[C@H](O)C[C@@H]2OC(=O)C[C@H]12)COc1ccccc1. The summed E-state index contributed by atoms with van der Waals surface area (Å²) in [5.74, 6) is 0.272. The lowest BCUT2D eigenvalue weighted by Gasteiger charge is -2.09. The summed E-state index contributed by atoms with van der Waals surface area (Å²) in [6.07, 6.45) is 1.79. The van der Waals surface area contributed by atoms with Gasteiger partial charge in [-0.1, -0.05) is 24.3 Å². The molecule has 116 valence electrons. The third-order valence-electron chi connectivity index (χ3n) is 4.10. The molecule has 3 atom stereocenters. The van der Waals surface area contributed by atoms with Gasteiger partial charge < -0.3 is 14.6 Å². The lowest BCUT2D eigenvalue weighted by atomic mass is 9.97. The van der Waals surface area contributed by atoms with E-state index in [-0.39, 0.29) is 36.8 Å². The molecule has 0 bridgehead atoms. The zero-order valence-corrected chi connectivity index (χ0v) is 12.1. The quantitative estimate of drug-likeness (QED) is 0.661. The molecular formula is C17H18O5. The molecule has 0 radical (unpaired) electrons. The first-order valence-corrected chi connectivity index (χ1v) is 7.40. The largest absolute Gasteiger partial charge is 0.486 e. The summed E-state index contributed by atoms with van der Waals surface area (Å²) in [5.41, 5.74) is 0.754. The van der Waals surface area contributed by atoms with Gasteiger partial charge in [0.05, 0.1) is 12.5 Å². The van der Waals surface area contributed by atoms with Gasteiger partial charge in [-0.3, -0.25) is 9.59 Å². The molecule has 0 amide bonds. The van der Waals surface area contributed by atoms with Crippen LogP contribution in [0.25, 0.3) is 0 Å². The van der Waals surface area contributed by atoms with E-state index in [2.05, 4.69) is 0 Å². The van der Waals surface area contributed by atoms with Crippen LogP contribution in [-0.2, 0) is 14.3 Å². The Balaban J connectivity index is 1.54. The molecule has 2 fully saturated rings. The van der Waals surface area contributed by atoms with Crippen molar-refractivity contribution in [3.63, 3.8) is 0 Å². The number of para-hydroxylation sites is 1. The first kappa shape index (κ1) is 14.8. The second-order valence-electron chi connectivity index (χ2n) is 5.64. The molecule has 1 aliphatic carbocycles. The maximum atomic E-state index is 11.9. The Morgan fingerprint density at radius 1 is 1.36 bits per heavy atom. The van der Waals surface area contributed by atoms with Crippen molar-refractivity contribution in [1.82, 2.24) is 0 Å². The number of aliphatic hydroxyl groups excluding tert-OH is 1. The molecule has 2 aliphatic rings. The third-order valence-corrected chi connectivity index (χ3v) is 4.10. The van der Waals surface area contributed by atoms with Crippen LogP contribution in [0, 0.1) is 5.92 Å². The van der Waals surface area contributed by atoms with E-state index in [1.165, 1.54) is 0 Å². The number of fused-ring (bicyclic) bond motifs is 1. The summed E-state index contributed by atoms with van der Waals surface area (Å²) >= 11 is 0. The van der Waals surface area contributed by atoms with Gasteiger partial charge in [-0.05, 0) is 17.7 Å². The van der Waals surface area contributed by atoms with E-state index in [1.807, 2.05) is 18.2 Å². The molecule has 1 heterocycles. The Bertz CT molecular complexity index is 592. The fourth-order valence-electron chi connectivity index (χ4n) is 3.02. The van der Waals surface area contributed by atoms with Crippen molar-refractivity contribution >= 4 is 11.8 Å². The highest BCUT2D eigenvalue weighted by molar-refractivity contribution is 5.81. The van der Waals surface area contributed by atoms with Gasteiger partial charge in [0.1, 0.15) is 18.5 Å². The summed E-state index contributed by atoms with van der Waals surface area (Å²) in [6.45, 7) is -0.00653. The Morgan fingerprint density at radius 2 is 2.14 bits per heavy atom. The second-order valence-corrected chi connectivity index (χ2v) is 5.64. The highest BCUT2D eigenvalue weighted by Gasteiger charge is 2.45. The minimum Gasteiger partial charge on any atom is -0.486 e. The van der Waals surface area contributed by atoms with Crippen LogP contribution < -0.4 is 4.74 Å². The van der Waals surface area contributed by atoms with E-state index in [1.54, 1.807) is 18.2 Å². The van der Waals surface area contributed by atoms with Crippen molar-refractivity contribution in [2.45, 2.75) is 31.5 Å². The Kier molecular flexibility index (Phi) is 4.24.